The Hall–Kier alpha value is -0.860. The molecule has 2 nitrogen and oxygen atoms in total. The highest BCUT2D eigenvalue weighted by atomic mass is 16.5. The number of nitrogens with two attached hydrogens (primary N) is 1. The number of hydrogen-bond donors (Lipinski definition) is 1. The maximum Gasteiger partial charge on any atom is 0.0874 e. The maximum absolute atomic E-state index is 6.70. The number of rotatable bonds is 4. The average molecular weight is 275 g/mol. The van der Waals surface area contributed by atoms with E-state index in [1.54, 1.807) is 0 Å². The van der Waals surface area contributed by atoms with Gasteiger partial charge in [0.25, 0.3) is 0 Å². The lowest BCUT2D eigenvalue weighted by atomic mass is 9.81. The van der Waals surface area contributed by atoms with Crippen molar-refractivity contribution >= 4 is 0 Å². The lowest BCUT2D eigenvalue weighted by Gasteiger charge is -2.39. The predicted molar refractivity (Wildman–Crippen MR) is 84.9 cm³/mol. The van der Waals surface area contributed by atoms with Gasteiger partial charge in [-0.05, 0) is 44.7 Å². The minimum Gasteiger partial charge on any atom is -0.373 e. The molecule has 1 saturated carbocycles. The Morgan fingerprint density at radius 3 is 2.40 bits per heavy atom. The lowest BCUT2D eigenvalue weighted by Crippen LogP contribution is -2.44. The largest absolute Gasteiger partial charge is 0.373 e. The number of benzene rings is 1. The zero-order valence-corrected chi connectivity index (χ0v) is 13.2. The number of hydrogen-bond acceptors (Lipinski definition) is 2. The molecule has 0 radical (unpaired) electrons. The van der Waals surface area contributed by atoms with Gasteiger partial charge in [0.15, 0.2) is 0 Å². The van der Waals surface area contributed by atoms with E-state index in [1.165, 1.54) is 42.4 Å². The summed E-state index contributed by atoms with van der Waals surface area (Å²) >= 11 is 0. The smallest absolute Gasteiger partial charge is 0.0874 e. The quantitative estimate of drug-likeness (QED) is 0.825. The Morgan fingerprint density at radius 2 is 1.80 bits per heavy atom. The Morgan fingerprint density at radius 1 is 1.15 bits per heavy atom. The van der Waals surface area contributed by atoms with E-state index in [-0.39, 0.29) is 11.6 Å². The van der Waals surface area contributed by atoms with Crippen LogP contribution in [-0.2, 0) is 4.74 Å². The second-order valence-electron chi connectivity index (χ2n) is 6.25. The van der Waals surface area contributed by atoms with E-state index in [0.717, 1.165) is 19.4 Å². The van der Waals surface area contributed by atoms with Gasteiger partial charge in [0.1, 0.15) is 0 Å². The fraction of sp³-hybridized carbons (Fsp3) is 0.667. The van der Waals surface area contributed by atoms with Crippen molar-refractivity contribution in [3.05, 3.63) is 34.9 Å². The molecule has 1 aromatic carbocycles. The van der Waals surface area contributed by atoms with Crippen LogP contribution in [-0.4, -0.2) is 12.2 Å². The van der Waals surface area contributed by atoms with Crippen molar-refractivity contribution in [3.63, 3.8) is 0 Å². The molecule has 0 spiro atoms. The van der Waals surface area contributed by atoms with E-state index in [1.807, 2.05) is 0 Å². The molecule has 0 aliphatic heterocycles. The van der Waals surface area contributed by atoms with Gasteiger partial charge >= 0.3 is 0 Å². The maximum atomic E-state index is 6.70. The van der Waals surface area contributed by atoms with Crippen molar-refractivity contribution in [2.45, 2.75) is 70.9 Å². The molecule has 20 heavy (non-hydrogen) atoms. The van der Waals surface area contributed by atoms with Gasteiger partial charge in [-0.1, -0.05) is 49.4 Å². The Labute approximate surface area is 123 Å². The van der Waals surface area contributed by atoms with Gasteiger partial charge in [0.05, 0.1) is 11.6 Å². The van der Waals surface area contributed by atoms with Crippen molar-refractivity contribution in [3.8, 4) is 0 Å². The van der Waals surface area contributed by atoms with Gasteiger partial charge in [-0.2, -0.15) is 0 Å². The molecular formula is C18H29NO. The van der Waals surface area contributed by atoms with Gasteiger partial charge in [-0.15, -0.1) is 0 Å². The third kappa shape index (κ3) is 3.24. The van der Waals surface area contributed by atoms with Crippen molar-refractivity contribution in [2.75, 3.05) is 6.61 Å². The summed E-state index contributed by atoms with van der Waals surface area (Å²) in [6, 6.07) is 6.57. The van der Waals surface area contributed by atoms with Gasteiger partial charge in [-0.25, -0.2) is 0 Å². The third-order valence-corrected chi connectivity index (χ3v) is 4.72. The minimum absolute atomic E-state index is 0.0135. The first kappa shape index (κ1) is 15.5. The van der Waals surface area contributed by atoms with Crippen molar-refractivity contribution < 1.29 is 4.74 Å². The molecule has 112 valence electrons. The van der Waals surface area contributed by atoms with Gasteiger partial charge in [-0.3, -0.25) is 0 Å². The highest BCUT2D eigenvalue weighted by Crippen LogP contribution is 2.40. The summed E-state index contributed by atoms with van der Waals surface area (Å²) in [5.74, 6) is 0. The first-order valence-corrected chi connectivity index (χ1v) is 8.06. The van der Waals surface area contributed by atoms with Crippen LogP contribution in [0.3, 0.4) is 0 Å². The minimum atomic E-state index is -0.163. The molecule has 0 aromatic heterocycles. The molecule has 1 fully saturated rings. The Balaban J connectivity index is 2.34. The molecule has 0 amide bonds. The topological polar surface area (TPSA) is 35.2 Å². The molecule has 1 atom stereocenters. The third-order valence-electron chi connectivity index (χ3n) is 4.72. The number of aryl methyl sites for hydroxylation is 2. The van der Waals surface area contributed by atoms with Crippen molar-refractivity contribution in [1.29, 1.82) is 0 Å². The lowest BCUT2D eigenvalue weighted by molar-refractivity contribution is -0.0697. The van der Waals surface area contributed by atoms with Crippen LogP contribution in [0.25, 0.3) is 0 Å². The second-order valence-corrected chi connectivity index (χ2v) is 6.25. The molecule has 0 bridgehead atoms. The SMILES string of the molecule is CCOC1(C(N)c2cc(C)ccc2C)CCCCCC1. The second kappa shape index (κ2) is 6.73. The van der Waals surface area contributed by atoms with E-state index < -0.39 is 0 Å². The molecule has 2 rings (SSSR count). The van der Waals surface area contributed by atoms with Crippen LogP contribution in [0.2, 0.25) is 0 Å². The fourth-order valence-electron chi connectivity index (χ4n) is 3.54. The Kier molecular flexibility index (Phi) is 5.22. The summed E-state index contributed by atoms with van der Waals surface area (Å²) < 4.78 is 6.24. The fourth-order valence-corrected chi connectivity index (χ4v) is 3.54. The standard InChI is InChI=1S/C18H29NO/c1-4-20-18(11-7-5-6-8-12-18)17(19)16-13-14(2)9-10-15(16)3/h9-10,13,17H,4-8,11-12,19H2,1-3H3. The summed E-state index contributed by atoms with van der Waals surface area (Å²) in [4.78, 5) is 0. The van der Waals surface area contributed by atoms with E-state index >= 15 is 0 Å². The van der Waals surface area contributed by atoms with E-state index in [0.29, 0.717) is 0 Å². The monoisotopic (exact) mass is 275 g/mol. The molecule has 1 aromatic rings. The highest BCUT2D eigenvalue weighted by molar-refractivity contribution is 5.34. The summed E-state index contributed by atoms with van der Waals surface area (Å²) in [6.45, 7) is 7.13. The van der Waals surface area contributed by atoms with Crippen LogP contribution >= 0.6 is 0 Å². The summed E-state index contributed by atoms with van der Waals surface area (Å²) in [6.07, 6.45) is 7.28. The van der Waals surface area contributed by atoms with Crippen molar-refractivity contribution in [1.82, 2.24) is 0 Å². The normalized spacial score (nSPS) is 20.4. The van der Waals surface area contributed by atoms with Gasteiger partial charge < -0.3 is 10.5 Å². The summed E-state index contributed by atoms with van der Waals surface area (Å²) in [7, 11) is 0. The summed E-state index contributed by atoms with van der Waals surface area (Å²) in [5, 5.41) is 0. The summed E-state index contributed by atoms with van der Waals surface area (Å²) in [5.41, 5.74) is 10.4. The molecule has 1 aliphatic rings. The molecule has 0 heterocycles. The van der Waals surface area contributed by atoms with Crippen LogP contribution in [0, 0.1) is 13.8 Å². The predicted octanol–water partition coefficient (Wildman–Crippen LogP) is 4.43. The number of ether oxygens (including phenoxy) is 1. The van der Waals surface area contributed by atoms with Crippen LogP contribution in [0.4, 0.5) is 0 Å². The molecule has 2 N–H and O–H groups in total. The van der Waals surface area contributed by atoms with Crippen LogP contribution in [0.1, 0.15) is 68.2 Å². The van der Waals surface area contributed by atoms with Gasteiger partial charge in [0, 0.05) is 6.61 Å². The van der Waals surface area contributed by atoms with Crippen LogP contribution < -0.4 is 5.73 Å². The van der Waals surface area contributed by atoms with Crippen LogP contribution in [0.15, 0.2) is 18.2 Å². The molecule has 0 saturated heterocycles. The zero-order chi connectivity index (χ0) is 14.6. The highest BCUT2D eigenvalue weighted by Gasteiger charge is 2.39. The molecule has 1 aliphatic carbocycles. The van der Waals surface area contributed by atoms with Crippen molar-refractivity contribution in [2.24, 2.45) is 5.73 Å². The Bertz CT molecular complexity index is 433. The molecule has 2 heteroatoms. The van der Waals surface area contributed by atoms with E-state index in [2.05, 4.69) is 39.0 Å². The first-order chi connectivity index (χ1) is 9.59. The van der Waals surface area contributed by atoms with Gasteiger partial charge in [0.2, 0.25) is 0 Å². The average Bonchev–Trinajstić information content (AvgIpc) is 2.68. The molecule has 1 unspecified atom stereocenters. The van der Waals surface area contributed by atoms with E-state index in [9.17, 15) is 0 Å². The van der Waals surface area contributed by atoms with Crippen LogP contribution in [0.5, 0.6) is 0 Å². The van der Waals surface area contributed by atoms with E-state index in [4.69, 9.17) is 10.5 Å². The zero-order valence-electron chi connectivity index (χ0n) is 13.2. The first-order valence-electron chi connectivity index (χ1n) is 8.06. The molecular weight excluding hydrogens is 246 g/mol.